The van der Waals surface area contributed by atoms with E-state index in [0.717, 1.165) is 57.6 Å². The van der Waals surface area contributed by atoms with Crippen LogP contribution >= 0.6 is 0 Å². The van der Waals surface area contributed by atoms with Crippen LogP contribution in [-0.4, -0.2) is 50.3 Å². The molecule has 0 bridgehead atoms. The first-order valence-corrected chi connectivity index (χ1v) is 8.75. The Morgan fingerprint density at radius 1 is 0.957 bits per heavy atom. The summed E-state index contributed by atoms with van der Waals surface area (Å²) in [5.74, 6) is 0.302. The first-order valence-electron chi connectivity index (χ1n) is 8.75. The van der Waals surface area contributed by atoms with Gasteiger partial charge in [0.2, 0.25) is 5.91 Å². The van der Waals surface area contributed by atoms with E-state index < -0.39 is 5.41 Å². The molecule has 0 radical (unpaired) electrons. The molecule has 3 saturated heterocycles. The fourth-order valence-corrected chi connectivity index (χ4v) is 4.49. The van der Waals surface area contributed by atoms with Gasteiger partial charge >= 0.3 is 0 Å². The number of benzene rings is 1. The summed E-state index contributed by atoms with van der Waals surface area (Å²) in [6.07, 6.45) is 3.75. The zero-order valence-electron chi connectivity index (χ0n) is 13.6. The first-order chi connectivity index (χ1) is 11.2. The van der Waals surface area contributed by atoms with Crippen LogP contribution in [0.4, 0.5) is 0 Å². The second-order valence-electron chi connectivity index (χ2n) is 7.34. The lowest BCUT2D eigenvalue weighted by Gasteiger charge is -2.39. The van der Waals surface area contributed by atoms with Crippen molar-refractivity contribution in [1.82, 2.24) is 4.90 Å². The maximum absolute atomic E-state index is 13.5. The van der Waals surface area contributed by atoms with Crippen molar-refractivity contribution in [1.29, 1.82) is 0 Å². The molecule has 0 aromatic heterocycles. The summed E-state index contributed by atoms with van der Waals surface area (Å²) in [4.78, 5) is 15.6. The molecule has 3 aliphatic heterocycles. The van der Waals surface area contributed by atoms with E-state index in [2.05, 4.69) is 17.0 Å². The van der Waals surface area contributed by atoms with Crippen LogP contribution in [-0.2, 0) is 19.7 Å². The van der Waals surface area contributed by atoms with Gasteiger partial charge in [-0.1, -0.05) is 30.3 Å². The molecule has 4 heteroatoms. The molecule has 0 N–H and O–H groups in total. The average molecular weight is 315 g/mol. The van der Waals surface area contributed by atoms with E-state index in [1.54, 1.807) is 0 Å². The van der Waals surface area contributed by atoms with Gasteiger partial charge in [-0.15, -0.1) is 0 Å². The Balaban J connectivity index is 1.61. The van der Waals surface area contributed by atoms with Crippen molar-refractivity contribution in [2.24, 2.45) is 5.41 Å². The average Bonchev–Trinajstić information content (AvgIpc) is 3.26. The Morgan fingerprint density at radius 2 is 1.70 bits per heavy atom. The second kappa shape index (κ2) is 5.91. The van der Waals surface area contributed by atoms with Crippen LogP contribution in [0.15, 0.2) is 30.3 Å². The summed E-state index contributed by atoms with van der Waals surface area (Å²) in [5, 5.41) is 0. The molecule has 3 aliphatic rings. The molecule has 1 aromatic rings. The van der Waals surface area contributed by atoms with Crippen molar-refractivity contribution in [3.8, 4) is 0 Å². The number of hydrogen-bond acceptors (Lipinski definition) is 3. The van der Waals surface area contributed by atoms with Crippen LogP contribution in [0.2, 0.25) is 0 Å². The molecule has 3 fully saturated rings. The van der Waals surface area contributed by atoms with Gasteiger partial charge in [0.05, 0.1) is 12.0 Å². The molecular formula is C19H25NO3. The van der Waals surface area contributed by atoms with E-state index in [0.29, 0.717) is 19.1 Å². The molecule has 1 amide bonds. The Morgan fingerprint density at radius 3 is 2.39 bits per heavy atom. The van der Waals surface area contributed by atoms with Crippen LogP contribution < -0.4 is 0 Å². The SMILES string of the molecule is O=C(N1CCC2(CCOC2)C1)C1(c2ccccc2)CCOCC1. The molecule has 4 rings (SSSR count). The maximum Gasteiger partial charge on any atom is 0.233 e. The highest BCUT2D eigenvalue weighted by Gasteiger charge is 2.49. The summed E-state index contributed by atoms with van der Waals surface area (Å²) in [6.45, 7) is 4.74. The number of ether oxygens (including phenoxy) is 2. The van der Waals surface area contributed by atoms with Gasteiger partial charge in [-0.3, -0.25) is 4.79 Å². The predicted molar refractivity (Wildman–Crippen MR) is 87.2 cm³/mol. The van der Waals surface area contributed by atoms with Crippen molar-refractivity contribution in [3.63, 3.8) is 0 Å². The third-order valence-corrected chi connectivity index (χ3v) is 5.99. The molecule has 4 nitrogen and oxygen atoms in total. The lowest BCUT2D eigenvalue weighted by Crippen LogP contribution is -2.49. The molecule has 3 heterocycles. The monoisotopic (exact) mass is 315 g/mol. The fraction of sp³-hybridized carbons (Fsp3) is 0.632. The van der Waals surface area contributed by atoms with Crippen molar-refractivity contribution in [2.75, 3.05) is 39.5 Å². The summed E-state index contributed by atoms with van der Waals surface area (Å²) < 4.78 is 11.2. The first kappa shape index (κ1) is 15.2. The minimum absolute atomic E-state index is 0.221. The molecule has 0 saturated carbocycles. The highest BCUT2D eigenvalue weighted by molar-refractivity contribution is 5.88. The van der Waals surface area contributed by atoms with Gasteiger partial charge < -0.3 is 14.4 Å². The zero-order valence-corrected chi connectivity index (χ0v) is 13.6. The van der Waals surface area contributed by atoms with Crippen molar-refractivity contribution in [2.45, 2.75) is 31.1 Å². The van der Waals surface area contributed by atoms with E-state index >= 15 is 0 Å². The van der Waals surface area contributed by atoms with Gasteiger partial charge in [-0.2, -0.15) is 0 Å². The highest BCUT2D eigenvalue weighted by atomic mass is 16.5. The fourth-order valence-electron chi connectivity index (χ4n) is 4.49. The maximum atomic E-state index is 13.5. The molecule has 1 unspecified atom stereocenters. The lowest BCUT2D eigenvalue weighted by atomic mass is 9.73. The van der Waals surface area contributed by atoms with Crippen molar-refractivity contribution < 1.29 is 14.3 Å². The molecule has 124 valence electrons. The third kappa shape index (κ3) is 2.58. The highest BCUT2D eigenvalue weighted by Crippen LogP contribution is 2.42. The Kier molecular flexibility index (Phi) is 3.90. The van der Waals surface area contributed by atoms with Crippen LogP contribution in [0.3, 0.4) is 0 Å². The largest absolute Gasteiger partial charge is 0.381 e. The summed E-state index contributed by atoms with van der Waals surface area (Å²) in [5.41, 5.74) is 0.973. The van der Waals surface area contributed by atoms with Gasteiger partial charge in [-0.25, -0.2) is 0 Å². The number of amides is 1. The summed E-state index contributed by atoms with van der Waals surface area (Å²) in [7, 11) is 0. The van der Waals surface area contributed by atoms with Crippen molar-refractivity contribution in [3.05, 3.63) is 35.9 Å². The minimum Gasteiger partial charge on any atom is -0.381 e. The van der Waals surface area contributed by atoms with E-state index in [4.69, 9.17) is 9.47 Å². The summed E-state index contributed by atoms with van der Waals surface area (Å²) >= 11 is 0. The summed E-state index contributed by atoms with van der Waals surface area (Å²) in [6, 6.07) is 10.3. The Bertz CT molecular complexity index is 559. The predicted octanol–water partition coefficient (Wildman–Crippen LogP) is 2.37. The van der Waals surface area contributed by atoms with Crippen LogP contribution in [0, 0.1) is 5.41 Å². The normalized spacial score (nSPS) is 30.0. The van der Waals surface area contributed by atoms with Crippen LogP contribution in [0.25, 0.3) is 0 Å². The molecule has 1 atom stereocenters. The van der Waals surface area contributed by atoms with Gasteiger partial charge in [0, 0.05) is 38.3 Å². The van der Waals surface area contributed by atoms with Crippen LogP contribution in [0.1, 0.15) is 31.2 Å². The minimum atomic E-state index is -0.398. The zero-order chi connectivity index (χ0) is 15.8. The van der Waals surface area contributed by atoms with Gasteiger partial charge in [-0.05, 0) is 31.2 Å². The van der Waals surface area contributed by atoms with Gasteiger partial charge in [0.25, 0.3) is 0 Å². The third-order valence-electron chi connectivity index (χ3n) is 5.99. The number of rotatable bonds is 2. The van der Waals surface area contributed by atoms with Crippen molar-refractivity contribution >= 4 is 5.91 Å². The smallest absolute Gasteiger partial charge is 0.233 e. The molecular weight excluding hydrogens is 290 g/mol. The van der Waals surface area contributed by atoms with Crippen LogP contribution in [0.5, 0.6) is 0 Å². The number of carbonyl (C=O) groups is 1. The standard InChI is InChI=1S/C19H25NO3/c21-17(20-10-6-18(14-20)7-11-23-15-18)19(8-12-22-13-9-19)16-4-2-1-3-5-16/h1-5H,6-15H2. The van der Waals surface area contributed by atoms with E-state index in [-0.39, 0.29) is 5.41 Å². The van der Waals surface area contributed by atoms with E-state index in [1.807, 2.05) is 18.2 Å². The molecule has 23 heavy (non-hydrogen) atoms. The number of carbonyl (C=O) groups excluding carboxylic acids is 1. The molecule has 1 aromatic carbocycles. The lowest BCUT2D eigenvalue weighted by molar-refractivity contribution is -0.140. The van der Waals surface area contributed by atoms with E-state index in [9.17, 15) is 4.79 Å². The van der Waals surface area contributed by atoms with Gasteiger partial charge in [0.15, 0.2) is 0 Å². The van der Waals surface area contributed by atoms with E-state index in [1.165, 1.54) is 0 Å². The Hall–Kier alpha value is -1.39. The second-order valence-corrected chi connectivity index (χ2v) is 7.34. The van der Waals surface area contributed by atoms with Gasteiger partial charge in [0.1, 0.15) is 0 Å². The molecule has 1 spiro atoms. The number of hydrogen-bond donors (Lipinski definition) is 0. The number of likely N-dealkylation sites (tertiary alicyclic amines) is 1. The topological polar surface area (TPSA) is 38.8 Å². The molecule has 0 aliphatic carbocycles. The number of nitrogens with zero attached hydrogens (tertiary/aromatic N) is 1. The quantitative estimate of drug-likeness (QED) is 0.841. The Labute approximate surface area is 137 Å².